The molecule has 0 aliphatic heterocycles. The number of aromatic nitrogens is 3. The zero-order valence-electron chi connectivity index (χ0n) is 21.0. The number of imidazole rings is 1. The fourth-order valence-electron chi connectivity index (χ4n) is 5.34. The van der Waals surface area contributed by atoms with Crippen molar-refractivity contribution in [2.45, 2.75) is 70.8 Å². The third-order valence-electron chi connectivity index (χ3n) is 7.37. The second-order valence-corrected chi connectivity index (χ2v) is 11.0. The molecule has 0 bridgehead atoms. The highest BCUT2D eigenvalue weighted by atomic mass is 32.1. The van der Waals surface area contributed by atoms with E-state index in [0.717, 1.165) is 45.6 Å². The molecule has 2 heterocycles. The van der Waals surface area contributed by atoms with Crippen LogP contribution < -0.4 is 14.0 Å². The first-order valence-corrected chi connectivity index (χ1v) is 12.6. The number of nitrogens with zero attached hydrogens (tertiary/aromatic N) is 2. The number of hydrogen-bond donors (Lipinski definition) is 4. The molecule has 0 unspecified atom stereocenters. The molecule has 1 aromatic carbocycles. The molecule has 0 saturated heterocycles. The summed E-state index contributed by atoms with van der Waals surface area (Å²) in [5, 5.41) is -0.232. The molecule has 9 heteroatoms. The molecule has 1 aliphatic carbocycles. The number of ketones is 1. The Labute approximate surface area is 217 Å². The number of pyridine rings is 1. The van der Waals surface area contributed by atoms with Crippen LogP contribution in [0.25, 0.3) is 17.0 Å². The highest BCUT2D eigenvalue weighted by Gasteiger charge is 2.50. The number of methoxy groups -OCH3 is 1. The van der Waals surface area contributed by atoms with Crippen molar-refractivity contribution in [1.82, 2.24) is 14.7 Å². The second kappa shape index (κ2) is 9.26. The lowest BCUT2D eigenvalue weighted by Gasteiger charge is -2.21. The third kappa shape index (κ3) is 4.27. The number of benzene rings is 1. The topological polar surface area (TPSA) is 88.0 Å². The van der Waals surface area contributed by atoms with E-state index in [2.05, 4.69) is 47.3 Å². The maximum absolute atomic E-state index is 13.1. The summed E-state index contributed by atoms with van der Waals surface area (Å²) in [7, 11) is 1.66. The highest BCUT2D eigenvalue weighted by molar-refractivity contribution is 7.96. The average Bonchev–Trinajstić information content (AvgIpc) is 3.28. The summed E-state index contributed by atoms with van der Waals surface area (Å²) in [5.74, 6) is 1.71. The standard InChI is InChI=1S/C26H32N4O3S2/c1-14-20(9-7-8-17(29-35)22(31)34)30(11-10-21(14)33-6)24-27-18-12-15-16(13-19(18)28-24)26(4,5)23(32)25(15,2)3/h10-13,17,29,35H,7-9H2,1-6H3,(H-,27,28,31,34)/p+1/t17-/m0/s1. The molecule has 1 aliphatic rings. The van der Waals surface area contributed by atoms with Crippen LogP contribution in [0.2, 0.25) is 0 Å². The van der Waals surface area contributed by atoms with Crippen molar-refractivity contribution in [3.63, 3.8) is 0 Å². The van der Waals surface area contributed by atoms with Crippen LogP contribution in [0, 0.1) is 6.92 Å². The van der Waals surface area contributed by atoms with Crippen LogP contribution in [0.15, 0.2) is 24.4 Å². The zero-order valence-corrected chi connectivity index (χ0v) is 22.8. The number of carbonyl (C=O) groups is 2. The van der Waals surface area contributed by atoms with Crippen LogP contribution in [0.1, 0.15) is 62.9 Å². The third-order valence-corrected chi connectivity index (χ3v) is 7.99. The number of carbonyl (C=O) groups excluding carboxylic acids is 2. The van der Waals surface area contributed by atoms with E-state index in [0.29, 0.717) is 18.8 Å². The molecule has 3 aromatic rings. The largest absolute Gasteiger partial charge is 0.496 e. The molecule has 0 saturated carbocycles. The molecule has 2 N–H and O–H groups in total. The summed E-state index contributed by atoms with van der Waals surface area (Å²) < 4.78 is 10.3. The summed E-state index contributed by atoms with van der Waals surface area (Å²) in [4.78, 5) is 33.1. The van der Waals surface area contributed by atoms with Crippen LogP contribution in [-0.4, -0.2) is 34.0 Å². The van der Waals surface area contributed by atoms with Gasteiger partial charge in [-0.25, -0.2) is 9.55 Å². The lowest BCUT2D eigenvalue weighted by molar-refractivity contribution is -0.612. The van der Waals surface area contributed by atoms with Gasteiger partial charge in [-0.1, -0.05) is 17.8 Å². The minimum atomic E-state index is -0.552. The monoisotopic (exact) mass is 513 g/mol. The first-order valence-electron chi connectivity index (χ1n) is 11.7. The van der Waals surface area contributed by atoms with Gasteiger partial charge < -0.3 is 4.74 Å². The van der Waals surface area contributed by atoms with Crippen molar-refractivity contribution in [3.8, 4) is 11.7 Å². The Balaban J connectivity index is 1.76. The Bertz CT molecular complexity index is 1270. The molecule has 0 radical (unpaired) electrons. The van der Waals surface area contributed by atoms with Crippen LogP contribution in [0.4, 0.5) is 0 Å². The van der Waals surface area contributed by atoms with Crippen molar-refractivity contribution in [3.05, 3.63) is 46.8 Å². The molecular weight excluding hydrogens is 480 g/mol. The number of rotatable bonds is 8. The van der Waals surface area contributed by atoms with Crippen LogP contribution in [0.5, 0.6) is 5.75 Å². The molecular formula is C26H33N4O3S2+. The van der Waals surface area contributed by atoms with E-state index >= 15 is 0 Å². The van der Waals surface area contributed by atoms with Gasteiger partial charge in [0.2, 0.25) is 5.12 Å². The summed E-state index contributed by atoms with van der Waals surface area (Å²) in [6.45, 7) is 9.99. The van der Waals surface area contributed by atoms with Gasteiger partial charge in [0, 0.05) is 28.9 Å². The number of nitrogens with one attached hydrogen (secondary N) is 2. The first kappa shape index (κ1) is 25.7. The number of thiol groups is 2. The molecule has 4 rings (SSSR count). The van der Waals surface area contributed by atoms with Gasteiger partial charge in [-0.15, -0.1) is 12.6 Å². The fraction of sp³-hybridized carbons (Fsp3) is 0.462. The summed E-state index contributed by atoms with van der Waals surface area (Å²) in [6.07, 6.45) is 4.01. The second-order valence-electron chi connectivity index (χ2n) is 10.3. The first-order chi connectivity index (χ1) is 16.4. The molecule has 0 spiro atoms. The minimum Gasteiger partial charge on any atom is -0.496 e. The number of Topliss-reactive ketones (excluding diaryl/α,β-unsaturated/α-hetero) is 1. The molecule has 1 atom stereocenters. The van der Waals surface area contributed by atoms with E-state index in [1.165, 1.54) is 0 Å². The van der Waals surface area contributed by atoms with Crippen molar-refractivity contribution in [2.75, 3.05) is 7.11 Å². The Morgan fingerprint density at radius 3 is 2.49 bits per heavy atom. The van der Waals surface area contributed by atoms with Gasteiger partial charge in [0.15, 0.2) is 11.3 Å². The minimum absolute atomic E-state index is 0.226. The van der Waals surface area contributed by atoms with Gasteiger partial charge in [-0.2, -0.15) is 0 Å². The number of H-pyrrole nitrogens is 1. The number of aromatic amines is 1. The molecule has 0 amide bonds. The van der Waals surface area contributed by atoms with Gasteiger partial charge in [-0.3, -0.25) is 14.3 Å². The smallest absolute Gasteiger partial charge is 0.402 e. The average molecular weight is 514 g/mol. The van der Waals surface area contributed by atoms with Gasteiger partial charge in [0.1, 0.15) is 11.3 Å². The van der Waals surface area contributed by atoms with Crippen LogP contribution in [-0.2, 0) is 26.8 Å². The van der Waals surface area contributed by atoms with E-state index in [1.807, 2.05) is 51.4 Å². The summed E-state index contributed by atoms with van der Waals surface area (Å²) >= 11 is 7.99. The normalized spacial score (nSPS) is 17.0. The van der Waals surface area contributed by atoms with Crippen molar-refractivity contribution < 1.29 is 18.9 Å². The quantitative estimate of drug-likeness (QED) is 0.271. The Kier molecular flexibility index (Phi) is 6.81. The van der Waals surface area contributed by atoms with Gasteiger partial charge in [0.05, 0.1) is 25.0 Å². The Morgan fingerprint density at radius 2 is 1.89 bits per heavy atom. The lowest BCUT2D eigenvalue weighted by atomic mass is 9.80. The Hall–Kier alpha value is -2.36. The van der Waals surface area contributed by atoms with Gasteiger partial charge in [-0.05, 0) is 70.7 Å². The maximum atomic E-state index is 13.1. The van der Waals surface area contributed by atoms with Crippen LogP contribution >= 0.6 is 25.4 Å². The summed E-state index contributed by atoms with van der Waals surface area (Å²) in [5.41, 5.74) is 4.76. The van der Waals surface area contributed by atoms with E-state index in [4.69, 9.17) is 9.72 Å². The molecule has 2 aromatic heterocycles. The molecule has 7 nitrogen and oxygen atoms in total. The van der Waals surface area contributed by atoms with E-state index in [9.17, 15) is 9.59 Å². The predicted octanol–water partition coefficient (Wildman–Crippen LogP) is 3.88. The zero-order chi connectivity index (χ0) is 25.7. The highest BCUT2D eigenvalue weighted by Crippen LogP contribution is 2.47. The van der Waals surface area contributed by atoms with Crippen molar-refractivity contribution in [2.24, 2.45) is 0 Å². The number of fused-ring (bicyclic) bond motifs is 2. The maximum Gasteiger partial charge on any atom is 0.402 e. The number of ether oxygens (including phenoxy) is 1. The van der Waals surface area contributed by atoms with Crippen molar-refractivity contribution >= 4 is 47.4 Å². The van der Waals surface area contributed by atoms with E-state index in [1.54, 1.807) is 7.11 Å². The van der Waals surface area contributed by atoms with Gasteiger partial charge >= 0.3 is 5.95 Å². The number of hydrogen-bond acceptors (Lipinski definition) is 6. The van der Waals surface area contributed by atoms with Gasteiger partial charge in [0.25, 0.3) is 0 Å². The molecule has 35 heavy (non-hydrogen) atoms. The molecule has 186 valence electrons. The Morgan fingerprint density at radius 1 is 1.23 bits per heavy atom. The summed E-state index contributed by atoms with van der Waals surface area (Å²) in [6, 6.07) is 5.64. The predicted molar refractivity (Wildman–Crippen MR) is 143 cm³/mol. The van der Waals surface area contributed by atoms with Crippen molar-refractivity contribution in [1.29, 1.82) is 0 Å². The fourth-order valence-corrected chi connectivity index (χ4v) is 5.88. The molecule has 0 fully saturated rings. The van der Waals surface area contributed by atoms with Crippen LogP contribution in [0.3, 0.4) is 0 Å². The van der Waals surface area contributed by atoms with E-state index in [-0.39, 0.29) is 10.9 Å². The lowest BCUT2D eigenvalue weighted by Crippen LogP contribution is -2.38. The SMILES string of the molecule is COc1cc[n+](-c2nc3cc4c(cc3[nH]2)C(C)(C)C(=O)C4(C)C)c(CCC[C@H](NS)C(=O)S)c1C. The van der Waals surface area contributed by atoms with E-state index < -0.39 is 16.9 Å².